The van der Waals surface area contributed by atoms with Crippen molar-refractivity contribution in [1.82, 2.24) is 4.90 Å². The molecular formula is C17H28F6N2O. The van der Waals surface area contributed by atoms with E-state index in [0.29, 0.717) is 12.5 Å². The van der Waals surface area contributed by atoms with Crippen molar-refractivity contribution >= 4 is 0 Å². The number of nitrogens with two attached hydrogens (primary N) is 1. The quantitative estimate of drug-likeness (QED) is 0.553. The van der Waals surface area contributed by atoms with Crippen LogP contribution < -0.4 is 5.73 Å². The molecule has 1 aliphatic heterocycles. The SMILES string of the molecule is C/C=C\C(F)C(F)/C=C/F.CC1CC(CN)C(O)N(CC(F)(F)F)C1C. The third kappa shape index (κ3) is 8.55. The first kappa shape index (κ1) is 24.9. The summed E-state index contributed by atoms with van der Waals surface area (Å²) in [6.07, 6.45) is -5.37. The summed E-state index contributed by atoms with van der Waals surface area (Å²) in [6, 6.07) is -0.278. The van der Waals surface area contributed by atoms with Crippen LogP contribution in [0.15, 0.2) is 24.6 Å². The Morgan fingerprint density at radius 2 is 1.73 bits per heavy atom. The van der Waals surface area contributed by atoms with Gasteiger partial charge >= 0.3 is 6.18 Å². The van der Waals surface area contributed by atoms with Gasteiger partial charge in [0, 0.05) is 12.0 Å². The monoisotopic (exact) mass is 390 g/mol. The fraction of sp³-hybridized carbons (Fsp3) is 0.765. The van der Waals surface area contributed by atoms with Crippen LogP contribution in [0.5, 0.6) is 0 Å². The third-order valence-electron chi connectivity index (χ3n) is 4.38. The lowest BCUT2D eigenvalue weighted by molar-refractivity contribution is -0.196. The molecule has 0 aliphatic carbocycles. The molecule has 9 heteroatoms. The van der Waals surface area contributed by atoms with Gasteiger partial charge in [0.1, 0.15) is 6.23 Å². The molecule has 1 saturated heterocycles. The number of hydrogen-bond acceptors (Lipinski definition) is 3. The van der Waals surface area contributed by atoms with Gasteiger partial charge in [0.05, 0.1) is 12.9 Å². The largest absolute Gasteiger partial charge is 0.401 e. The summed E-state index contributed by atoms with van der Waals surface area (Å²) >= 11 is 0. The molecule has 0 aromatic carbocycles. The van der Waals surface area contributed by atoms with Gasteiger partial charge in [-0.05, 0) is 38.8 Å². The van der Waals surface area contributed by atoms with Crippen LogP contribution in [0.3, 0.4) is 0 Å². The molecule has 3 N–H and O–H groups in total. The number of aliphatic hydroxyl groups excluding tert-OH is 1. The van der Waals surface area contributed by atoms with Gasteiger partial charge in [-0.3, -0.25) is 4.90 Å². The van der Waals surface area contributed by atoms with Crippen LogP contribution >= 0.6 is 0 Å². The number of nitrogens with zero attached hydrogens (tertiary/aromatic N) is 1. The Hall–Kier alpha value is -1.06. The molecule has 26 heavy (non-hydrogen) atoms. The maximum Gasteiger partial charge on any atom is 0.401 e. The van der Waals surface area contributed by atoms with Crippen molar-refractivity contribution in [1.29, 1.82) is 0 Å². The Kier molecular flexibility index (Phi) is 11.1. The lowest BCUT2D eigenvalue weighted by Gasteiger charge is -2.45. The maximum absolute atomic E-state index is 12.4. The highest BCUT2D eigenvalue weighted by Gasteiger charge is 2.42. The molecule has 0 amide bonds. The molecule has 0 bridgehead atoms. The smallest absolute Gasteiger partial charge is 0.378 e. The van der Waals surface area contributed by atoms with Crippen LogP contribution in [0.25, 0.3) is 0 Å². The summed E-state index contributed by atoms with van der Waals surface area (Å²) in [4.78, 5) is 1.10. The molecule has 0 spiro atoms. The van der Waals surface area contributed by atoms with Crippen molar-refractivity contribution in [2.45, 2.75) is 58.0 Å². The van der Waals surface area contributed by atoms with Crippen LogP contribution in [-0.4, -0.2) is 53.9 Å². The van der Waals surface area contributed by atoms with Gasteiger partial charge in [-0.25, -0.2) is 13.2 Å². The van der Waals surface area contributed by atoms with Crippen LogP contribution in [0, 0.1) is 11.8 Å². The van der Waals surface area contributed by atoms with E-state index in [-0.39, 0.29) is 30.8 Å². The van der Waals surface area contributed by atoms with E-state index in [1.54, 1.807) is 13.8 Å². The van der Waals surface area contributed by atoms with Gasteiger partial charge < -0.3 is 10.8 Å². The average Bonchev–Trinajstić information content (AvgIpc) is 2.55. The zero-order chi connectivity index (χ0) is 20.5. The fourth-order valence-corrected chi connectivity index (χ4v) is 2.76. The number of hydrogen-bond donors (Lipinski definition) is 2. The van der Waals surface area contributed by atoms with Gasteiger partial charge in [-0.1, -0.05) is 19.1 Å². The van der Waals surface area contributed by atoms with Crippen molar-refractivity contribution in [3.63, 3.8) is 0 Å². The molecule has 0 aromatic heterocycles. The summed E-state index contributed by atoms with van der Waals surface area (Å²) in [6.45, 7) is 4.32. The molecule has 1 heterocycles. The summed E-state index contributed by atoms with van der Waals surface area (Å²) in [5, 5.41) is 9.83. The first-order valence-corrected chi connectivity index (χ1v) is 8.36. The fourth-order valence-electron chi connectivity index (χ4n) is 2.76. The van der Waals surface area contributed by atoms with Crippen LogP contribution in [0.1, 0.15) is 27.2 Å². The molecule has 1 rings (SSSR count). The van der Waals surface area contributed by atoms with E-state index >= 15 is 0 Å². The summed E-state index contributed by atoms with van der Waals surface area (Å²) < 4.78 is 72.9. The number of piperidine rings is 1. The molecular weight excluding hydrogens is 362 g/mol. The van der Waals surface area contributed by atoms with E-state index in [0.717, 1.165) is 11.0 Å². The van der Waals surface area contributed by atoms with Crippen molar-refractivity contribution in [2.75, 3.05) is 13.1 Å². The normalized spacial score (nSPS) is 30.3. The molecule has 3 nitrogen and oxygen atoms in total. The van der Waals surface area contributed by atoms with E-state index in [2.05, 4.69) is 0 Å². The molecule has 6 unspecified atom stereocenters. The summed E-state index contributed by atoms with van der Waals surface area (Å²) in [7, 11) is 0. The standard InChI is InChI=1S/C10H19F3N2O.C7H9F3/c1-6-3-8(4-14)9(16)15(7(6)2)5-10(11,12)13;1-2-3-6(9)7(10)4-5-8/h6-9,16H,3-5,14H2,1-2H3;2-7H,1H3/b;3-2-,5-4+. The Labute approximate surface area is 150 Å². The number of rotatable bonds is 5. The first-order valence-electron chi connectivity index (χ1n) is 8.36. The highest BCUT2D eigenvalue weighted by Crippen LogP contribution is 2.32. The molecule has 0 aromatic rings. The molecule has 6 atom stereocenters. The highest BCUT2D eigenvalue weighted by molar-refractivity contribution is 4.98. The number of aliphatic hydroxyl groups is 1. The van der Waals surface area contributed by atoms with Crippen molar-refractivity contribution in [3.8, 4) is 0 Å². The summed E-state index contributed by atoms with van der Waals surface area (Å²) in [5.41, 5.74) is 5.46. The van der Waals surface area contributed by atoms with Gasteiger partial charge in [0.2, 0.25) is 0 Å². The molecule has 0 radical (unpaired) electrons. The van der Waals surface area contributed by atoms with Crippen LogP contribution in [-0.2, 0) is 0 Å². The predicted molar refractivity (Wildman–Crippen MR) is 89.4 cm³/mol. The number of likely N-dealkylation sites (tertiary alicyclic amines) is 1. The van der Waals surface area contributed by atoms with Gasteiger partial charge in [0.25, 0.3) is 0 Å². The Morgan fingerprint density at radius 1 is 1.19 bits per heavy atom. The molecule has 154 valence electrons. The third-order valence-corrected chi connectivity index (χ3v) is 4.38. The van der Waals surface area contributed by atoms with E-state index in [4.69, 9.17) is 5.73 Å². The van der Waals surface area contributed by atoms with E-state index in [1.807, 2.05) is 6.92 Å². The molecule has 1 fully saturated rings. The summed E-state index contributed by atoms with van der Waals surface area (Å²) in [5.74, 6) is -0.159. The minimum atomic E-state index is -4.29. The van der Waals surface area contributed by atoms with Crippen molar-refractivity contribution in [2.24, 2.45) is 17.6 Å². The second kappa shape index (κ2) is 11.6. The molecule has 1 aliphatic rings. The Balaban J connectivity index is 0.000000541. The minimum Gasteiger partial charge on any atom is -0.378 e. The second-order valence-corrected chi connectivity index (χ2v) is 6.38. The zero-order valence-corrected chi connectivity index (χ0v) is 15.1. The topological polar surface area (TPSA) is 49.5 Å². The van der Waals surface area contributed by atoms with E-state index in [1.165, 1.54) is 6.08 Å². The minimum absolute atomic E-state index is 0.000741. The first-order chi connectivity index (χ1) is 12.0. The van der Waals surface area contributed by atoms with Crippen molar-refractivity contribution < 1.29 is 31.4 Å². The van der Waals surface area contributed by atoms with Crippen LogP contribution in [0.2, 0.25) is 0 Å². The predicted octanol–water partition coefficient (Wildman–Crippen LogP) is 3.89. The maximum atomic E-state index is 12.4. The van der Waals surface area contributed by atoms with E-state index in [9.17, 15) is 31.4 Å². The Morgan fingerprint density at radius 3 is 2.15 bits per heavy atom. The van der Waals surface area contributed by atoms with Gasteiger partial charge in [-0.2, -0.15) is 13.2 Å². The second-order valence-electron chi connectivity index (χ2n) is 6.38. The highest BCUT2D eigenvalue weighted by atomic mass is 19.4. The number of allylic oxidation sites excluding steroid dienone is 3. The van der Waals surface area contributed by atoms with Gasteiger partial charge in [-0.15, -0.1) is 0 Å². The Bertz CT molecular complexity index is 427. The molecule has 0 saturated carbocycles. The van der Waals surface area contributed by atoms with Gasteiger partial charge in [0.15, 0.2) is 12.3 Å². The van der Waals surface area contributed by atoms with Crippen molar-refractivity contribution in [3.05, 3.63) is 24.6 Å². The number of alkyl halides is 5. The lowest BCUT2D eigenvalue weighted by Crippen LogP contribution is -2.57. The lowest BCUT2D eigenvalue weighted by atomic mass is 9.83. The number of halogens is 6. The average molecular weight is 390 g/mol. The van der Waals surface area contributed by atoms with E-state index < -0.39 is 31.3 Å². The van der Waals surface area contributed by atoms with Crippen LogP contribution in [0.4, 0.5) is 26.3 Å². The zero-order valence-electron chi connectivity index (χ0n) is 15.1.